The summed E-state index contributed by atoms with van der Waals surface area (Å²) in [5.74, 6) is 0. The van der Waals surface area contributed by atoms with Gasteiger partial charge < -0.3 is 0 Å². The van der Waals surface area contributed by atoms with E-state index in [4.69, 9.17) is 7.06 Å². The summed E-state index contributed by atoms with van der Waals surface area (Å²) in [6, 6.07) is 0. The molecule has 0 aliphatic carbocycles. The summed E-state index contributed by atoms with van der Waals surface area (Å²) in [5.41, 5.74) is 0. The Morgan fingerprint density at radius 3 is 1.36 bits per heavy atom. The van der Waals surface area contributed by atoms with Crippen molar-refractivity contribution >= 4 is 134 Å². The van der Waals surface area contributed by atoms with Gasteiger partial charge in [-0.25, -0.2) is 0 Å². The van der Waals surface area contributed by atoms with Crippen LogP contribution in [-0.4, -0.2) is 134 Å². The van der Waals surface area contributed by atoms with Gasteiger partial charge in [0.25, 0.3) is 0 Å². The summed E-state index contributed by atoms with van der Waals surface area (Å²) in [5, 5.41) is 0. The summed E-state index contributed by atoms with van der Waals surface area (Å²) in [7, 11) is 0. The molecule has 0 saturated heterocycles. The molecule has 0 aromatic heterocycles. The maximum absolute atomic E-state index is 5.40. The molecule has 11 heteroatoms. The van der Waals surface area contributed by atoms with Crippen molar-refractivity contribution in [2.45, 2.75) is 0 Å². The molecule has 0 aliphatic heterocycles. The van der Waals surface area contributed by atoms with Gasteiger partial charge in [0, 0.05) is 0 Å². The van der Waals surface area contributed by atoms with Crippen molar-refractivity contribution in [3.05, 3.63) is 0 Å². The van der Waals surface area contributed by atoms with Gasteiger partial charge in [0.05, 0.1) is 0 Å². The van der Waals surface area contributed by atoms with Gasteiger partial charge in [-0.2, -0.15) is 0 Å². The fraction of sp³-hybridized carbons (Fsp3) is 0. The van der Waals surface area contributed by atoms with E-state index in [0.717, 1.165) is 0 Å². The zero-order valence-electron chi connectivity index (χ0n) is 6.87. The van der Waals surface area contributed by atoms with Crippen LogP contribution in [0.25, 0.3) is 0 Å². The van der Waals surface area contributed by atoms with Crippen LogP contribution in [0.1, 0.15) is 0 Å². The van der Waals surface area contributed by atoms with E-state index >= 15 is 0 Å². The minimum absolute atomic E-state index is 0.396. The Balaban J connectivity index is 2.69. The zero-order valence-corrected chi connectivity index (χ0v) is 34.4. The second kappa shape index (κ2) is 14.6. The quantitative estimate of drug-likeness (QED) is 0.181. The van der Waals surface area contributed by atoms with Crippen LogP contribution in [0.2, 0.25) is 0 Å². The Morgan fingerprint density at radius 2 is 1.00 bits per heavy atom. The molecule has 68 valence electrons. The summed E-state index contributed by atoms with van der Waals surface area (Å²) >= 11 is -3.90. The zero-order chi connectivity index (χ0) is 8.36. The van der Waals surface area contributed by atoms with Crippen LogP contribution in [-0.2, 0) is 7.06 Å². The summed E-state index contributed by atoms with van der Waals surface area (Å²) in [4.78, 5) is 0. The van der Waals surface area contributed by atoms with Crippen LogP contribution in [0.5, 0.6) is 0 Å². The van der Waals surface area contributed by atoms with Gasteiger partial charge >= 0.3 is 141 Å². The third kappa shape index (κ3) is 14.6. The average Bonchev–Trinajstić information content (AvgIpc) is 2.03. The van der Waals surface area contributed by atoms with Crippen LogP contribution in [0.4, 0.5) is 0 Å². The number of hydrogen-bond acceptors (Lipinski definition) is 5. The third-order valence-electron chi connectivity index (χ3n) is 0.736. The van der Waals surface area contributed by atoms with Gasteiger partial charge in [0.15, 0.2) is 0 Å². The molecule has 0 heterocycles. The molecule has 0 saturated carbocycles. The molecule has 0 rings (SSSR count). The molecule has 0 N–H and O–H groups in total. The predicted octanol–water partition coefficient (Wildman–Crippen LogP) is -6.37. The van der Waals surface area contributed by atoms with E-state index < -0.39 is 87.9 Å². The number of rotatable bonds is 8. The van der Waals surface area contributed by atoms with Crippen molar-refractivity contribution in [3.63, 3.8) is 0 Å². The van der Waals surface area contributed by atoms with Crippen molar-refractivity contribution in [2.75, 3.05) is 0 Å². The molecule has 0 aromatic rings. The second-order valence-corrected chi connectivity index (χ2v) is 56.7. The van der Waals surface area contributed by atoms with Gasteiger partial charge in [0.2, 0.25) is 0 Å². The first-order valence-electron chi connectivity index (χ1n) is 3.13. The van der Waals surface area contributed by atoms with Crippen LogP contribution < -0.4 is 0 Å². The Labute approximate surface area is 137 Å². The predicted molar refractivity (Wildman–Crippen MR) is 59.5 cm³/mol. The van der Waals surface area contributed by atoms with Gasteiger partial charge in [-0.15, -0.1) is 0 Å². The van der Waals surface area contributed by atoms with E-state index in [9.17, 15) is 0 Å². The van der Waals surface area contributed by atoms with E-state index in [1.54, 1.807) is 0 Å². The van der Waals surface area contributed by atoms with Crippen molar-refractivity contribution in [2.24, 2.45) is 0 Å². The average molecular weight is 806 g/mol. The molecule has 0 aromatic carbocycles. The van der Waals surface area contributed by atoms with Crippen molar-refractivity contribution in [1.82, 2.24) is 0 Å². The molecule has 0 fully saturated rings. The van der Waals surface area contributed by atoms with Crippen LogP contribution in [0.15, 0.2) is 0 Å². The van der Waals surface area contributed by atoms with E-state index in [1.165, 1.54) is 0 Å². The molecule has 0 aliphatic rings. The molecular weight excluding hydrogens is 792 g/mol. The van der Waals surface area contributed by atoms with E-state index in [-0.39, 0.29) is 0 Å². The monoisotopic (exact) mass is 813 g/mol. The summed E-state index contributed by atoms with van der Waals surface area (Å²) < 4.78 is 26.4. The normalized spacial score (nSPS) is 15.3. The topological polar surface area (TPSA) is 46.2 Å². The first-order chi connectivity index (χ1) is 5.41. The van der Waals surface area contributed by atoms with Gasteiger partial charge in [-0.3, -0.25) is 0 Å². The molecule has 11 heavy (non-hydrogen) atoms. The Kier molecular flexibility index (Phi) is 20.7. The Morgan fingerprint density at radius 1 is 0.636 bits per heavy atom. The van der Waals surface area contributed by atoms with E-state index in [1.807, 2.05) is 0 Å². The minimum atomic E-state index is -1.22. The SMILES string of the molecule is [SnH3][O][SnH2][O][SnH2][O][SnH2][O][SnH2][O][SnH3]. The second-order valence-electron chi connectivity index (χ2n) is 1.66. The van der Waals surface area contributed by atoms with E-state index in [2.05, 4.69) is 0 Å². The third-order valence-corrected chi connectivity index (χ3v) is 33.1. The first-order valence-corrected chi connectivity index (χ1v) is 21.0. The summed E-state index contributed by atoms with van der Waals surface area (Å²) in [6.07, 6.45) is 0. The number of hydrogen-bond donors (Lipinski definition) is 0. The fourth-order valence-corrected chi connectivity index (χ4v) is 90.5. The van der Waals surface area contributed by atoms with Crippen LogP contribution >= 0.6 is 0 Å². The molecule has 0 unspecified atom stereocenters. The molecular formula is H14O5Sn6. The molecule has 0 radical (unpaired) electrons. The molecule has 0 bridgehead atoms. The molecule has 5 nitrogen and oxygen atoms in total. The molecule has 0 amide bonds. The first kappa shape index (κ1) is 15.6. The van der Waals surface area contributed by atoms with Crippen molar-refractivity contribution in [3.8, 4) is 0 Å². The Bertz CT molecular complexity index is 60.0. The maximum atomic E-state index is 5.40. The Hall–Kier alpha value is 4.59. The molecule has 0 spiro atoms. The van der Waals surface area contributed by atoms with Crippen LogP contribution in [0.3, 0.4) is 0 Å². The van der Waals surface area contributed by atoms with Gasteiger partial charge in [0.1, 0.15) is 0 Å². The van der Waals surface area contributed by atoms with Crippen molar-refractivity contribution < 1.29 is 7.06 Å². The van der Waals surface area contributed by atoms with Gasteiger partial charge in [-0.05, 0) is 0 Å². The standard InChI is InChI=1S/5O.6Sn.14H. The van der Waals surface area contributed by atoms with Crippen molar-refractivity contribution in [1.29, 1.82) is 0 Å². The fourth-order valence-electron chi connectivity index (χ4n) is 0.387. The molecule has 0 atom stereocenters. The van der Waals surface area contributed by atoms with Gasteiger partial charge in [-0.1, -0.05) is 0 Å². The van der Waals surface area contributed by atoms with Crippen LogP contribution in [0, 0.1) is 0 Å². The van der Waals surface area contributed by atoms with E-state index in [0.29, 0.717) is 45.9 Å². The summed E-state index contributed by atoms with van der Waals surface area (Å²) in [6.45, 7) is 0.